The largest absolute Gasteiger partial charge is 0.477 e. The van der Waals surface area contributed by atoms with Crippen molar-refractivity contribution in [2.24, 2.45) is 5.73 Å². The Morgan fingerprint density at radius 2 is 2.40 bits per heavy atom. The summed E-state index contributed by atoms with van der Waals surface area (Å²) in [6.45, 7) is 0. The van der Waals surface area contributed by atoms with Gasteiger partial charge in [-0.3, -0.25) is 9.69 Å². The number of hydrogen-bond donors (Lipinski definition) is 2. The van der Waals surface area contributed by atoms with E-state index in [-0.39, 0.29) is 17.0 Å². The number of hydrogen-bond acceptors (Lipinski definition) is 4. The highest BCUT2D eigenvalue weighted by Gasteiger charge is 2.51. The number of aliphatic carboxylic acids is 1. The van der Waals surface area contributed by atoms with Gasteiger partial charge in [0.25, 0.3) is 0 Å². The number of carbonyl (C=O) groups excluding carboxylic acids is 1. The van der Waals surface area contributed by atoms with Crippen LogP contribution in [0.4, 0.5) is 0 Å². The molecule has 1 fully saturated rings. The van der Waals surface area contributed by atoms with Crippen molar-refractivity contribution in [2.45, 2.75) is 11.4 Å². The van der Waals surface area contributed by atoms with Gasteiger partial charge in [0.05, 0.1) is 0 Å². The number of nitrogens with zero attached hydrogens (tertiary/aromatic N) is 1. The number of nitrogens with two attached hydrogens (primary N) is 1. The molecule has 82 valence electrons. The number of rotatable bonds is 2. The molecule has 2 heterocycles. The van der Waals surface area contributed by atoms with Crippen molar-refractivity contribution in [1.29, 1.82) is 0 Å². The van der Waals surface area contributed by atoms with Gasteiger partial charge in [-0.1, -0.05) is 22.6 Å². The second-order valence-electron chi connectivity index (χ2n) is 3.33. The van der Waals surface area contributed by atoms with E-state index in [4.69, 9.17) is 10.8 Å². The van der Waals surface area contributed by atoms with E-state index in [1.165, 1.54) is 16.7 Å². The van der Waals surface area contributed by atoms with Crippen molar-refractivity contribution in [3.05, 3.63) is 11.3 Å². The van der Waals surface area contributed by atoms with Gasteiger partial charge < -0.3 is 10.8 Å². The number of alkyl halides is 1. The molecular formula is C8H9IN2O3S. The Hall–Kier alpha value is -0.280. The van der Waals surface area contributed by atoms with Crippen LogP contribution in [0.1, 0.15) is 0 Å². The van der Waals surface area contributed by atoms with Crippen molar-refractivity contribution < 1.29 is 14.7 Å². The second-order valence-corrected chi connectivity index (χ2v) is 5.19. The first-order valence-corrected chi connectivity index (χ1v) is 6.87. The molecule has 7 heteroatoms. The predicted molar refractivity (Wildman–Crippen MR) is 64.6 cm³/mol. The van der Waals surface area contributed by atoms with Crippen LogP contribution < -0.4 is 5.73 Å². The van der Waals surface area contributed by atoms with Crippen LogP contribution in [0.15, 0.2) is 11.3 Å². The van der Waals surface area contributed by atoms with Gasteiger partial charge in [-0.15, -0.1) is 11.8 Å². The van der Waals surface area contributed by atoms with Gasteiger partial charge in [0.15, 0.2) is 0 Å². The van der Waals surface area contributed by atoms with Gasteiger partial charge in [0.2, 0.25) is 5.91 Å². The first-order valence-electron chi connectivity index (χ1n) is 4.29. The van der Waals surface area contributed by atoms with E-state index < -0.39 is 12.0 Å². The Labute approximate surface area is 104 Å². The monoisotopic (exact) mass is 340 g/mol. The summed E-state index contributed by atoms with van der Waals surface area (Å²) in [5.41, 5.74) is 6.53. The summed E-state index contributed by atoms with van der Waals surface area (Å²) in [4.78, 5) is 23.8. The van der Waals surface area contributed by atoms with Crippen molar-refractivity contribution in [2.75, 3.05) is 10.2 Å². The minimum absolute atomic E-state index is 0.139. The van der Waals surface area contributed by atoms with Crippen LogP contribution in [0.2, 0.25) is 0 Å². The highest BCUT2D eigenvalue weighted by atomic mass is 127. The molecule has 0 aromatic rings. The molecule has 0 radical (unpaired) electrons. The van der Waals surface area contributed by atoms with Gasteiger partial charge >= 0.3 is 5.97 Å². The summed E-state index contributed by atoms with van der Waals surface area (Å²) < 4.78 is 0.623. The normalized spacial score (nSPS) is 30.0. The van der Waals surface area contributed by atoms with Crippen LogP contribution in [-0.2, 0) is 9.59 Å². The van der Waals surface area contributed by atoms with Crippen molar-refractivity contribution in [3.63, 3.8) is 0 Å². The summed E-state index contributed by atoms with van der Waals surface area (Å²) in [7, 11) is 0. The fourth-order valence-corrected chi connectivity index (χ4v) is 3.97. The number of fused-ring (bicyclic) bond motifs is 1. The topological polar surface area (TPSA) is 83.6 Å². The maximum absolute atomic E-state index is 11.5. The van der Waals surface area contributed by atoms with Gasteiger partial charge in [-0.25, -0.2) is 4.79 Å². The molecule has 0 aromatic heterocycles. The van der Waals surface area contributed by atoms with E-state index in [9.17, 15) is 9.59 Å². The summed E-state index contributed by atoms with van der Waals surface area (Å²) in [6.07, 6.45) is 0. The number of β-lactam (4-membered cyclic amide) rings is 1. The van der Waals surface area contributed by atoms with Gasteiger partial charge in [0, 0.05) is 10.2 Å². The third-order valence-corrected chi connectivity index (χ3v) is 4.73. The van der Waals surface area contributed by atoms with Crippen molar-refractivity contribution >= 4 is 46.2 Å². The number of thioether (sulfide) groups is 1. The number of carboxylic acid groups (broad SMARTS) is 1. The fraction of sp³-hybridized carbons (Fsp3) is 0.500. The van der Waals surface area contributed by atoms with Crippen LogP contribution in [0.25, 0.3) is 0 Å². The van der Waals surface area contributed by atoms with E-state index in [2.05, 4.69) is 22.6 Å². The van der Waals surface area contributed by atoms with Crippen LogP contribution >= 0.6 is 34.4 Å². The standard InChI is InChI=1S/C8H9IN2O3S/c9-1-3-2-15-7-4(10)6(12)11(7)5(3)8(13)14/h4,7H,1-2,10H2,(H,13,14). The Morgan fingerprint density at radius 3 is 2.93 bits per heavy atom. The lowest BCUT2D eigenvalue weighted by Crippen LogP contribution is -2.68. The lowest BCUT2D eigenvalue weighted by Gasteiger charge is -2.47. The molecule has 0 bridgehead atoms. The molecule has 1 saturated heterocycles. The maximum atomic E-state index is 11.5. The zero-order valence-corrected chi connectivity index (χ0v) is 10.6. The molecule has 0 aliphatic carbocycles. The zero-order chi connectivity index (χ0) is 11.2. The van der Waals surface area contributed by atoms with Gasteiger partial charge in [-0.2, -0.15) is 0 Å². The van der Waals surface area contributed by atoms with Crippen molar-refractivity contribution in [3.8, 4) is 0 Å². The SMILES string of the molecule is NC1C(=O)N2C(C(=O)O)=C(CI)CSC12. The Bertz CT molecular complexity index is 371. The van der Waals surface area contributed by atoms with Gasteiger partial charge in [-0.05, 0) is 5.57 Å². The first kappa shape index (κ1) is 11.2. The highest BCUT2D eigenvalue weighted by Crippen LogP contribution is 2.39. The summed E-state index contributed by atoms with van der Waals surface area (Å²) in [5, 5.41) is 8.88. The first-order chi connectivity index (χ1) is 7.07. The summed E-state index contributed by atoms with van der Waals surface area (Å²) in [6, 6.07) is -0.542. The minimum Gasteiger partial charge on any atom is -0.477 e. The molecule has 15 heavy (non-hydrogen) atoms. The van der Waals surface area contributed by atoms with Crippen LogP contribution in [0, 0.1) is 0 Å². The highest BCUT2D eigenvalue weighted by molar-refractivity contribution is 14.1. The van der Waals surface area contributed by atoms with Crippen LogP contribution in [0.3, 0.4) is 0 Å². The molecule has 0 aromatic carbocycles. The predicted octanol–water partition coefficient (Wildman–Crippen LogP) is 0.00250. The Kier molecular flexibility index (Phi) is 2.95. The van der Waals surface area contributed by atoms with Crippen LogP contribution in [-0.4, -0.2) is 43.5 Å². The van der Waals surface area contributed by atoms with E-state index in [0.717, 1.165) is 5.57 Å². The van der Waals surface area contributed by atoms with E-state index in [0.29, 0.717) is 10.2 Å². The van der Waals surface area contributed by atoms with E-state index in [1.807, 2.05) is 0 Å². The maximum Gasteiger partial charge on any atom is 0.352 e. The van der Waals surface area contributed by atoms with E-state index in [1.54, 1.807) is 0 Å². The Morgan fingerprint density at radius 1 is 1.73 bits per heavy atom. The van der Waals surface area contributed by atoms with Crippen LogP contribution in [0.5, 0.6) is 0 Å². The molecule has 2 unspecified atom stereocenters. The molecule has 0 saturated carbocycles. The molecule has 2 aliphatic rings. The summed E-state index contributed by atoms with van der Waals surface area (Å²) >= 11 is 3.64. The van der Waals surface area contributed by atoms with E-state index >= 15 is 0 Å². The average Bonchev–Trinajstić information content (AvgIpc) is 2.25. The third-order valence-electron chi connectivity index (χ3n) is 2.45. The number of amides is 1. The van der Waals surface area contributed by atoms with Gasteiger partial charge in [0.1, 0.15) is 17.1 Å². The molecule has 1 amide bonds. The molecule has 5 nitrogen and oxygen atoms in total. The number of carbonyl (C=O) groups is 2. The smallest absolute Gasteiger partial charge is 0.352 e. The number of halogens is 1. The molecule has 0 spiro atoms. The summed E-state index contributed by atoms with van der Waals surface area (Å²) in [5.74, 6) is -0.675. The Balaban J connectivity index is 2.38. The molecule has 2 aliphatic heterocycles. The average molecular weight is 340 g/mol. The minimum atomic E-state index is -1.03. The quantitative estimate of drug-likeness (QED) is 0.420. The molecule has 2 rings (SSSR count). The third kappa shape index (κ3) is 1.56. The lowest BCUT2D eigenvalue weighted by molar-refractivity contribution is -0.147. The number of carboxylic acids is 1. The molecule has 2 atom stereocenters. The fourth-order valence-electron chi connectivity index (χ4n) is 1.68. The zero-order valence-electron chi connectivity index (χ0n) is 7.64. The second kappa shape index (κ2) is 3.95. The lowest BCUT2D eigenvalue weighted by atomic mass is 10.0. The molecular weight excluding hydrogens is 331 g/mol. The molecule has 3 N–H and O–H groups in total. The van der Waals surface area contributed by atoms with Crippen molar-refractivity contribution in [1.82, 2.24) is 4.90 Å².